The molecule has 2 aromatic rings. The molecule has 1 N–H and O–H groups in total. The maximum absolute atomic E-state index is 12.8. The Bertz CT molecular complexity index is 994. The topological polar surface area (TPSA) is 66.5 Å². The Hall–Kier alpha value is -2.05. The fourth-order valence-electron chi connectivity index (χ4n) is 4.44. The number of carbonyl (C=O) groups is 1. The number of halogens is 1. The van der Waals surface area contributed by atoms with Crippen molar-refractivity contribution in [3.8, 4) is 0 Å². The first-order valence-corrected chi connectivity index (χ1v) is 11.3. The van der Waals surface area contributed by atoms with Crippen LogP contribution in [-0.2, 0) is 10.0 Å². The highest BCUT2D eigenvalue weighted by atomic mass is 35.5. The summed E-state index contributed by atoms with van der Waals surface area (Å²) in [4.78, 5) is 12.9. The lowest BCUT2D eigenvalue weighted by Crippen LogP contribution is -2.38. The van der Waals surface area contributed by atoms with Crippen molar-refractivity contribution in [2.45, 2.75) is 36.6 Å². The van der Waals surface area contributed by atoms with E-state index in [1.54, 1.807) is 42.5 Å². The maximum Gasteiger partial charge on any atom is 0.264 e. The van der Waals surface area contributed by atoms with Gasteiger partial charge in [0.2, 0.25) is 0 Å². The maximum atomic E-state index is 12.8. The normalized spacial score (nSPS) is 23.6. The third-order valence-corrected chi connectivity index (χ3v) is 8.13. The van der Waals surface area contributed by atoms with Crippen LogP contribution in [0.4, 0.5) is 5.69 Å². The molecule has 148 valence electrons. The molecule has 2 fully saturated rings. The van der Waals surface area contributed by atoms with Gasteiger partial charge in [-0.15, -0.1) is 0 Å². The van der Waals surface area contributed by atoms with Gasteiger partial charge in [0.05, 0.1) is 21.2 Å². The Morgan fingerprint density at radius 3 is 2.46 bits per heavy atom. The Labute approximate surface area is 170 Å². The molecular formula is C21H23ClN2O3S. The largest absolute Gasteiger partial charge is 0.349 e. The second kappa shape index (κ2) is 7.41. The van der Waals surface area contributed by atoms with Crippen LogP contribution in [0, 0.1) is 11.8 Å². The van der Waals surface area contributed by atoms with Crippen molar-refractivity contribution >= 4 is 33.2 Å². The molecule has 7 heteroatoms. The van der Waals surface area contributed by atoms with Crippen LogP contribution in [0.1, 0.15) is 36.0 Å². The summed E-state index contributed by atoms with van der Waals surface area (Å²) in [7, 11) is -2.22. The molecule has 2 unspecified atom stereocenters. The molecule has 5 nitrogen and oxygen atoms in total. The number of nitrogens with one attached hydrogen (secondary N) is 1. The smallest absolute Gasteiger partial charge is 0.264 e. The van der Waals surface area contributed by atoms with E-state index in [-0.39, 0.29) is 21.9 Å². The van der Waals surface area contributed by atoms with Gasteiger partial charge in [0, 0.05) is 13.1 Å². The Morgan fingerprint density at radius 2 is 1.86 bits per heavy atom. The monoisotopic (exact) mass is 418 g/mol. The zero-order valence-corrected chi connectivity index (χ0v) is 17.2. The minimum absolute atomic E-state index is 0.192. The van der Waals surface area contributed by atoms with Gasteiger partial charge in [-0.25, -0.2) is 8.42 Å². The van der Waals surface area contributed by atoms with E-state index in [9.17, 15) is 13.2 Å². The summed E-state index contributed by atoms with van der Waals surface area (Å²) in [6.45, 7) is 0. The average Bonchev–Trinajstić information content (AvgIpc) is 3.31. The van der Waals surface area contributed by atoms with Crippen LogP contribution in [0.25, 0.3) is 0 Å². The van der Waals surface area contributed by atoms with Gasteiger partial charge in [-0.1, -0.05) is 36.2 Å². The van der Waals surface area contributed by atoms with Gasteiger partial charge in [0.15, 0.2) is 0 Å². The van der Waals surface area contributed by atoms with E-state index < -0.39 is 10.0 Å². The van der Waals surface area contributed by atoms with Crippen molar-refractivity contribution in [2.75, 3.05) is 11.4 Å². The number of rotatable bonds is 5. The predicted octanol–water partition coefficient (Wildman–Crippen LogP) is 4.08. The number of hydrogen-bond donors (Lipinski definition) is 1. The van der Waals surface area contributed by atoms with Gasteiger partial charge in [0.1, 0.15) is 0 Å². The molecule has 0 saturated heterocycles. The highest BCUT2D eigenvalue weighted by molar-refractivity contribution is 7.92. The van der Waals surface area contributed by atoms with Crippen molar-refractivity contribution in [3.05, 3.63) is 59.1 Å². The van der Waals surface area contributed by atoms with Gasteiger partial charge >= 0.3 is 0 Å². The standard InChI is InChI=1S/C21H23ClN2O3S/c1-24(28(26,27)17-5-3-2-4-6-17)16-9-10-18(19(22)13-16)21(25)23-20-12-14-7-8-15(20)11-14/h2-6,9-10,13-15,20H,7-8,11-12H2,1H3,(H,23,25)/t14?,15?,20-/m1/s1. The summed E-state index contributed by atoms with van der Waals surface area (Å²) in [6, 6.07) is 13.2. The fraction of sp³-hybridized carbons (Fsp3) is 0.381. The summed E-state index contributed by atoms with van der Waals surface area (Å²) in [6.07, 6.45) is 4.71. The van der Waals surface area contributed by atoms with Gasteiger partial charge in [-0.2, -0.15) is 0 Å². The predicted molar refractivity (Wildman–Crippen MR) is 110 cm³/mol. The molecule has 2 aromatic carbocycles. The SMILES string of the molecule is CN(c1ccc(C(=O)N[C@@H]2CC3CCC2C3)c(Cl)c1)S(=O)(=O)c1ccccc1. The highest BCUT2D eigenvalue weighted by Crippen LogP contribution is 2.44. The van der Waals surface area contributed by atoms with Gasteiger partial charge < -0.3 is 5.32 Å². The quantitative estimate of drug-likeness (QED) is 0.795. The molecule has 0 aromatic heterocycles. The first-order valence-electron chi connectivity index (χ1n) is 9.50. The van der Waals surface area contributed by atoms with Crippen molar-refractivity contribution in [2.24, 2.45) is 11.8 Å². The van der Waals surface area contributed by atoms with Crippen molar-refractivity contribution in [3.63, 3.8) is 0 Å². The van der Waals surface area contributed by atoms with Crippen LogP contribution < -0.4 is 9.62 Å². The Balaban J connectivity index is 1.52. The van der Waals surface area contributed by atoms with Crippen LogP contribution in [0.3, 0.4) is 0 Å². The lowest BCUT2D eigenvalue weighted by molar-refractivity contribution is 0.0923. The molecular weight excluding hydrogens is 396 g/mol. The molecule has 4 rings (SSSR count). The van der Waals surface area contributed by atoms with Crippen molar-refractivity contribution in [1.29, 1.82) is 0 Å². The minimum atomic E-state index is -3.69. The third-order valence-electron chi connectivity index (χ3n) is 6.02. The Morgan fingerprint density at radius 1 is 1.11 bits per heavy atom. The first-order chi connectivity index (χ1) is 13.4. The Kier molecular flexibility index (Phi) is 5.10. The molecule has 28 heavy (non-hydrogen) atoms. The van der Waals surface area contributed by atoms with Crippen molar-refractivity contribution in [1.82, 2.24) is 5.32 Å². The van der Waals surface area contributed by atoms with Crippen LogP contribution in [0.5, 0.6) is 0 Å². The van der Waals surface area contributed by atoms with Gasteiger partial charge in [-0.3, -0.25) is 9.10 Å². The van der Waals surface area contributed by atoms with Crippen LogP contribution in [0.15, 0.2) is 53.4 Å². The second-order valence-corrected chi connectivity index (χ2v) is 10.1. The average molecular weight is 419 g/mol. The highest BCUT2D eigenvalue weighted by Gasteiger charge is 2.40. The number of anilines is 1. The number of amides is 1. The van der Waals surface area contributed by atoms with E-state index in [0.29, 0.717) is 17.2 Å². The number of nitrogens with zero attached hydrogens (tertiary/aromatic N) is 1. The summed E-state index contributed by atoms with van der Waals surface area (Å²) >= 11 is 6.35. The molecule has 0 heterocycles. The molecule has 2 aliphatic carbocycles. The number of benzene rings is 2. The fourth-order valence-corrected chi connectivity index (χ4v) is 5.91. The molecule has 0 spiro atoms. The molecule has 0 aliphatic heterocycles. The zero-order chi connectivity index (χ0) is 19.9. The van der Waals surface area contributed by atoms with E-state index in [1.807, 2.05) is 0 Å². The second-order valence-electron chi connectivity index (χ2n) is 7.70. The molecule has 2 saturated carbocycles. The van der Waals surface area contributed by atoms with Gasteiger partial charge in [0.25, 0.3) is 15.9 Å². The molecule has 2 bridgehead atoms. The molecule has 3 atom stereocenters. The summed E-state index contributed by atoms with van der Waals surface area (Å²) in [5, 5.41) is 3.36. The lowest BCUT2D eigenvalue weighted by atomic mass is 9.95. The third kappa shape index (κ3) is 3.51. The number of hydrogen-bond acceptors (Lipinski definition) is 3. The van der Waals surface area contributed by atoms with E-state index in [0.717, 1.165) is 12.3 Å². The first kappa shape index (κ1) is 19.3. The van der Waals surface area contributed by atoms with Crippen LogP contribution in [-0.4, -0.2) is 27.4 Å². The molecule has 2 aliphatic rings. The lowest BCUT2D eigenvalue weighted by Gasteiger charge is -2.23. The minimum Gasteiger partial charge on any atom is -0.349 e. The molecule has 1 amide bonds. The van der Waals surface area contributed by atoms with E-state index in [2.05, 4.69) is 5.32 Å². The van der Waals surface area contributed by atoms with Crippen LogP contribution >= 0.6 is 11.6 Å². The van der Waals surface area contributed by atoms with Crippen LogP contribution in [0.2, 0.25) is 5.02 Å². The zero-order valence-electron chi connectivity index (χ0n) is 15.6. The number of carbonyl (C=O) groups excluding carboxylic acids is 1. The number of sulfonamides is 1. The van der Waals surface area contributed by atoms with Gasteiger partial charge in [-0.05, 0) is 61.4 Å². The van der Waals surface area contributed by atoms with E-state index in [4.69, 9.17) is 11.6 Å². The summed E-state index contributed by atoms with van der Waals surface area (Å²) < 4.78 is 26.7. The van der Waals surface area contributed by atoms with E-state index in [1.165, 1.54) is 36.7 Å². The molecule has 0 radical (unpaired) electrons. The summed E-state index contributed by atoms with van der Waals surface area (Å²) in [5.74, 6) is 1.13. The van der Waals surface area contributed by atoms with Crippen molar-refractivity contribution < 1.29 is 13.2 Å². The van der Waals surface area contributed by atoms with E-state index >= 15 is 0 Å². The number of fused-ring (bicyclic) bond motifs is 2. The summed E-state index contributed by atoms with van der Waals surface area (Å²) in [5.41, 5.74) is 0.782.